The third kappa shape index (κ3) is 5.40. The highest BCUT2D eigenvalue weighted by molar-refractivity contribution is 7.91. The van der Waals surface area contributed by atoms with E-state index < -0.39 is 9.84 Å². The Balaban J connectivity index is 2.38. The van der Waals surface area contributed by atoms with Gasteiger partial charge in [0.2, 0.25) is 0 Å². The molecule has 2 N–H and O–H groups in total. The summed E-state index contributed by atoms with van der Waals surface area (Å²) in [6, 6.07) is 0. The molecule has 5 heteroatoms. The lowest BCUT2D eigenvalue weighted by atomic mass is 9.71. The molecule has 19 heavy (non-hydrogen) atoms. The first-order valence-electron chi connectivity index (χ1n) is 7.29. The van der Waals surface area contributed by atoms with E-state index in [4.69, 9.17) is 10.5 Å². The summed E-state index contributed by atoms with van der Waals surface area (Å²) in [6.07, 6.45) is 4.78. The molecule has 0 aromatic rings. The van der Waals surface area contributed by atoms with Crippen molar-refractivity contribution < 1.29 is 13.2 Å². The molecule has 0 aromatic heterocycles. The SMILES string of the molecule is CCS(=O)(=O)CCCOC1(CN)CCC(C)(C)CC1. The van der Waals surface area contributed by atoms with E-state index in [-0.39, 0.29) is 17.1 Å². The molecule has 1 aliphatic carbocycles. The summed E-state index contributed by atoms with van der Waals surface area (Å²) in [7, 11) is -2.88. The molecule has 0 unspecified atom stereocenters. The first-order valence-corrected chi connectivity index (χ1v) is 9.11. The van der Waals surface area contributed by atoms with Gasteiger partial charge in [-0.15, -0.1) is 0 Å². The van der Waals surface area contributed by atoms with Crippen LogP contribution in [0.15, 0.2) is 0 Å². The minimum absolute atomic E-state index is 0.212. The van der Waals surface area contributed by atoms with Crippen molar-refractivity contribution >= 4 is 9.84 Å². The Morgan fingerprint density at radius 2 is 1.74 bits per heavy atom. The van der Waals surface area contributed by atoms with Gasteiger partial charge in [0, 0.05) is 18.9 Å². The van der Waals surface area contributed by atoms with Gasteiger partial charge in [-0.05, 0) is 37.5 Å². The number of ether oxygens (including phenoxy) is 1. The van der Waals surface area contributed by atoms with Crippen molar-refractivity contribution in [1.29, 1.82) is 0 Å². The second kappa shape index (κ2) is 6.55. The number of hydrogen-bond donors (Lipinski definition) is 1. The molecule has 0 saturated heterocycles. The van der Waals surface area contributed by atoms with Crippen molar-refractivity contribution in [1.82, 2.24) is 0 Å². The highest BCUT2D eigenvalue weighted by atomic mass is 32.2. The molecule has 4 nitrogen and oxygen atoms in total. The topological polar surface area (TPSA) is 69.4 Å². The highest BCUT2D eigenvalue weighted by Gasteiger charge is 2.38. The van der Waals surface area contributed by atoms with Gasteiger partial charge >= 0.3 is 0 Å². The molecule has 0 aliphatic heterocycles. The number of sulfone groups is 1. The molecular weight excluding hydrogens is 262 g/mol. The van der Waals surface area contributed by atoms with Crippen LogP contribution in [-0.4, -0.2) is 38.7 Å². The molecular formula is C14H29NO3S. The zero-order chi connectivity index (χ0) is 14.6. The Morgan fingerprint density at radius 3 is 2.21 bits per heavy atom. The molecule has 0 aromatic carbocycles. The summed E-state index contributed by atoms with van der Waals surface area (Å²) in [5.41, 5.74) is 6.04. The molecule has 1 aliphatic rings. The maximum atomic E-state index is 11.4. The fourth-order valence-electron chi connectivity index (χ4n) is 2.50. The van der Waals surface area contributed by atoms with E-state index in [2.05, 4.69) is 13.8 Å². The van der Waals surface area contributed by atoms with Crippen LogP contribution in [0.2, 0.25) is 0 Å². The Bertz CT molecular complexity index is 366. The molecule has 1 fully saturated rings. The van der Waals surface area contributed by atoms with Crippen molar-refractivity contribution in [3.05, 3.63) is 0 Å². The van der Waals surface area contributed by atoms with Gasteiger partial charge in [-0.1, -0.05) is 20.8 Å². The van der Waals surface area contributed by atoms with Crippen LogP contribution < -0.4 is 5.73 Å². The van der Waals surface area contributed by atoms with Gasteiger partial charge in [0.05, 0.1) is 11.4 Å². The predicted octanol–water partition coefficient (Wildman–Crippen LogP) is 2.13. The van der Waals surface area contributed by atoms with Crippen molar-refractivity contribution in [3.8, 4) is 0 Å². The summed E-state index contributed by atoms with van der Waals surface area (Å²) in [6.45, 7) is 7.27. The van der Waals surface area contributed by atoms with Gasteiger partial charge in [0.1, 0.15) is 9.84 Å². The fraction of sp³-hybridized carbons (Fsp3) is 1.00. The Kier molecular flexibility index (Phi) is 5.83. The third-order valence-electron chi connectivity index (χ3n) is 4.33. The Labute approximate surface area is 118 Å². The van der Waals surface area contributed by atoms with Crippen LogP contribution in [0.3, 0.4) is 0 Å². The summed E-state index contributed by atoms with van der Waals surface area (Å²) in [4.78, 5) is 0. The summed E-state index contributed by atoms with van der Waals surface area (Å²) in [5, 5.41) is 0. The minimum atomic E-state index is -2.88. The van der Waals surface area contributed by atoms with Gasteiger partial charge in [0.25, 0.3) is 0 Å². The second-order valence-electron chi connectivity index (χ2n) is 6.49. The Hall–Kier alpha value is -0.130. The lowest BCUT2D eigenvalue weighted by Crippen LogP contribution is -2.45. The zero-order valence-corrected chi connectivity index (χ0v) is 13.4. The third-order valence-corrected chi connectivity index (χ3v) is 6.12. The molecule has 1 saturated carbocycles. The van der Waals surface area contributed by atoms with Crippen molar-refractivity contribution in [3.63, 3.8) is 0 Å². The van der Waals surface area contributed by atoms with Crippen LogP contribution in [0.25, 0.3) is 0 Å². The molecule has 0 radical (unpaired) electrons. The van der Waals surface area contributed by atoms with E-state index in [1.54, 1.807) is 6.92 Å². The first-order chi connectivity index (χ1) is 8.74. The fourth-order valence-corrected chi connectivity index (χ4v) is 3.35. The van der Waals surface area contributed by atoms with Crippen LogP contribution in [0.5, 0.6) is 0 Å². The van der Waals surface area contributed by atoms with Gasteiger partial charge in [-0.2, -0.15) is 0 Å². The standard InChI is InChI=1S/C14H29NO3S/c1-4-19(16,17)11-5-10-18-14(12-15)8-6-13(2,3)7-9-14/h4-12,15H2,1-3H3. The zero-order valence-electron chi connectivity index (χ0n) is 12.6. The number of hydrogen-bond acceptors (Lipinski definition) is 4. The van der Waals surface area contributed by atoms with Crippen molar-refractivity contribution in [2.45, 2.75) is 58.5 Å². The summed E-state index contributed by atoms with van der Waals surface area (Å²) in [5.74, 6) is 0.429. The van der Waals surface area contributed by atoms with Crippen LogP contribution in [0, 0.1) is 5.41 Å². The first kappa shape index (κ1) is 16.9. The highest BCUT2D eigenvalue weighted by Crippen LogP contribution is 2.41. The average molecular weight is 291 g/mol. The molecule has 0 heterocycles. The van der Waals surface area contributed by atoms with Crippen molar-refractivity contribution in [2.75, 3.05) is 24.7 Å². The van der Waals surface area contributed by atoms with E-state index in [0.29, 0.717) is 25.0 Å². The van der Waals surface area contributed by atoms with Gasteiger partial charge in [0.15, 0.2) is 0 Å². The average Bonchev–Trinajstić information content (AvgIpc) is 2.37. The minimum Gasteiger partial charge on any atom is -0.374 e. The summed E-state index contributed by atoms with van der Waals surface area (Å²) < 4.78 is 28.8. The van der Waals surface area contributed by atoms with Crippen molar-refractivity contribution in [2.24, 2.45) is 11.1 Å². The normalized spacial score (nSPS) is 22.3. The van der Waals surface area contributed by atoms with Crippen LogP contribution in [-0.2, 0) is 14.6 Å². The monoisotopic (exact) mass is 291 g/mol. The smallest absolute Gasteiger partial charge is 0.150 e. The predicted molar refractivity (Wildman–Crippen MR) is 78.9 cm³/mol. The lowest BCUT2D eigenvalue weighted by Gasteiger charge is -2.42. The quantitative estimate of drug-likeness (QED) is 0.730. The molecule has 0 spiro atoms. The molecule has 0 atom stereocenters. The van der Waals surface area contributed by atoms with E-state index >= 15 is 0 Å². The summed E-state index contributed by atoms with van der Waals surface area (Å²) >= 11 is 0. The second-order valence-corrected chi connectivity index (χ2v) is 8.96. The number of nitrogens with two attached hydrogens (primary N) is 1. The molecule has 114 valence electrons. The molecule has 0 amide bonds. The molecule has 0 bridgehead atoms. The Morgan fingerprint density at radius 1 is 1.16 bits per heavy atom. The maximum Gasteiger partial charge on any atom is 0.150 e. The molecule has 1 rings (SSSR count). The van der Waals surface area contributed by atoms with E-state index in [0.717, 1.165) is 25.7 Å². The van der Waals surface area contributed by atoms with Gasteiger partial charge < -0.3 is 10.5 Å². The maximum absolute atomic E-state index is 11.4. The van der Waals surface area contributed by atoms with E-state index in [9.17, 15) is 8.42 Å². The lowest BCUT2D eigenvalue weighted by molar-refractivity contribution is -0.0807. The number of rotatable bonds is 7. The largest absolute Gasteiger partial charge is 0.374 e. The van der Waals surface area contributed by atoms with Crippen LogP contribution in [0.4, 0.5) is 0 Å². The van der Waals surface area contributed by atoms with E-state index in [1.807, 2.05) is 0 Å². The van der Waals surface area contributed by atoms with Gasteiger partial charge in [-0.25, -0.2) is 8.42 Å². The van der Waals surface area contributed by atoms with E-state index in [1.165, 1.54) is 0 Å². The van der Waals surface area contributed by atoms with Gasteiger partial charge in [-0.3, -0.25) is 0 Å². The van der Waals surface area contributed by atoms with Crippen LogP contribution >= 0.6 is 0 Å². The van der Waals surface area contributed by atoms with Crippen LogP contribution in [0.1, 0.15) is 52.9 Å².